The Morgan fingerprint density at radius 1 is 1.12 bits per heavy atom. The van der Waals surface area contributed by atoms with Crippen molar-refractivity contribution in [3.8, 4) is 11.4 Å². The highest BCUT2D eigenvalue weighted by atomic mass is 15.0. The molecule has 0 spiro atoms. The van der Waals surface area contributed by atoms with E-state index in [0.29, 0.717) is 11.7 Å². The molecule has 0 amide bonds. The van der Waals surface area contributed by atoms with Gasteiger partial charge in [0.25, 0.3) is 0 Å². The van der Waals surface area contributed by atoms with E-state index in [1.807, 2.05) is 25.3 Å². The molecule has 0 radical (unpaired) electrons. The highest BCUT2D eigenvalue weighted by Gasteiger charge is 2.25. The molecule has 3 heterocycles. The highest BCUT2D eigenvalue weighted by Crippen LogP contribution is 2.39. The fourth-order valence-corrected chi connectivity index (χ4v) is 2.89. The fourth-order valence-electron chi connectivity index (χ4n) is 2.89. The molecule has 6 heteroatoms. The third kappa shape index (κ3) is 3.47. The van der Waals surface area contributed by atoms with Crippen LogP contribution in [0.25, 0.3) is 11.4 Å². The molecule has 25 heavy (non-hydrogen) atoms. The second-order valence-electron chi connectivity index (χ2n) is 6.44. The van der Waals surface area contributed by atoms with E-state index in [9.17, 15) is 0 Å². The van der Waals surface area contributed by atoms with Crippen molar-refractivity contribution in [3.05, 3.63) is 60.1 Å². The first kappa shape index (κ1) is 15.6. The van der Waals surface area contributed by atoms with Gasteiger partial charge < -0.3 is 5.32 Å². The Labute approximate surface area is 146 Å². The van der Waals surface area contributed by atoms with Crippen LogP contribution in [0.3, 0.4) is 0 Å². The van der Waals surface area contributed by atoms with Gasteiger partial charge in [-0.1, -0.05) is 0 Å². The Hall–Kier alpha value is -2.89. The van der Waals surface area contributed by atoms with Crippen LogP contribution >= 0.6 is 0 Å². The summed E-state index contributed by atoms with van der Waals surface area (Å²) in [5, 5.41) is 3.44. The van der Waals surface area contributed by atoms with Crippen molar-refractivity contribution in [3.63, 3.8) is 0 Å². The van der Waals surface area contributed by atoms with E-state index >= 15 is 0 Å². The van der Waals surface area contributed by atoms with E-state index in [2.05, 4.69) is 43.2 Å². The molecule has 3 aromatic rings. The van der Waals surface area contributed by atoms with E-state index in [0.717, 1.165) is 28.3 Å². The molecule has 1 aliphatic carbocycles. The van der Waals surface area contributed by atoms with Crippen LogP contribution in [-0.4, -0.2) is 24.9 Å². The van der Waals surface area contributed by atoms with Gasteiger partial charge in [0.2, 0.25) is 0 Å². The van der Waals surface area contributed by atoms with Gasteiger partial charge >= 0.3 is 0 Å². The number of hydrogen-bond acceptors (Lipinski definition) is 6. The molecule has 1 atom stereocenters. The zero-order valence-electron chi connectivity index (χ0n) is 14.3. The minimum Gasteiger partial charge on any atom is -0.363 e. The summed E-state index contributed by atoms with van der Waals surface area (Å²) < 4.78 is 0. The number of nitrogens with zero attached hydrogens (tertiary/aromatic N) is 5. The number of aryl methyl sites for hydroxylation is 1. The zero-order chi connectivity index (χ0) is 17.2. The average Bonchev–Trinajstić information content (AvgIpc) is 3.48. The van der Waals surface area contributed by atoms with Gasteiger partial charge in [0.1, 0.15) is 12.1 Å². The van der Waals surface area contributed by atoms with Crippen molar-refractivity contribution in [1.29, 1.82) is 0 Å². The zero-order valence-corrected chi connectivity index (χ0v) is 14.3. The maximum Gasteiger partial charge on any atom is 0.159 e. The van der Waals surface area contributed by atoms with Crippen molar-refractivity contribution in [1.82, 2.24) is 24.9 Å². The van der Waals surface area contributed by atoms with Gasteiger partial charge in [0.15, 0.2) is 5.82 Å². The second-order valence-corrected chi connectivity index (χ2v) is 6.44. The first-order valence-corrected chi connectivity index (χ1v) is 8.53. The largest absolute Gasteiger partial charge is 0.363 e. The Kier molecular flexibility index (Phi) is 4.09. The molecule has 126 valence electrons. The van der Waals surface area contributed by atoms with Crippen LogP contribution in [-0.2, 0) is 0 Å². The van der Waals surface area contributed by atoms with Crippen LogP contribution < -0.4 is 5.32 Å². The average molecular weight is 332 g/mol. The minimum atomic E-state index is 0.0634. The molecule has 6 nitrogen and oxygen atoms in total. The topological polar surface area (TPSA) is 76.5 Å². The number of pyridine rings is 1. The molecule has 3 aromatic heterocycles. The standard InChI is InChI=1S/C19H20N6/c1-12(24-18-9-17(14-3-4-14)22-11-23-18)16-10-21-19(25-13(16)2)15-5-7-20-8-6-15/h5-12,14H,3-4H2,1-2H3,(H,22,23,24)/t12-/m0/s1. The highest BCUT2D eigenvalue weighted by molar-refractivity contribution is 5.54. The van der Waals surface area contributed by atoms with Gasteiger partial charge in [0.05, 0.1) is 6.04 Å². The smallest absolute Gasteiger partial charge is 0.159 e. The number of nitrogens with one attached hydrogen (secondary N) is 1. The van der Waals surface area contributed by atoms with Crippen molar-refractivity contribution in [2.45, 2.75) is 38.6 Å². The van der Waals surface area contributed by atoms with Gasteiger partial charge in [-0.3, -0.25) is 4.98 Å². The third-order valence-electron chi connectivity index (χ3n) is 4.47. The fraction of sp³-hybridized carbons (Fsp3) is 0.316. The quantitative estimate of drug-likeness (QED) is 0.768. The van der Waals surface area contributed by atoms with E-state index in [1.54, 1.807) is 18.7 Å². The predicted octanol–water partition coefficient (Wildman–Crippen LogP) is 3.69. The molecule has 1 saturated carbocycles. The summed E-state index contributed by atoms with van der Waals surface area (Å²) in [5.74, 6) is 2.18. The molecule has 0 aliphatic heterocycles. The van der Waals surface area contributed by atoms with Crippen molar-refractivity contribution >= 4 is 5.82 Å². The lowest BCUT2D eigenvalue weighted by atomic mass is 10.1. The lowest BCUT2D eigenvalue weighted by Crippen LogP contribution is -2.11. The summed E-state index contributed by atoms with van der Waals surface area (Å²) in [6, 6.07) is 5.94. The SMILES string of the molecule is Cc1nc(-c2ccncc2)ncc1[C@H](C)Nc1cc(C2CC2)ncn1. The van der Waals surface area contributed by atoms with Crippen molar-refractivity contribution < 1.29 is 0 Å². The van der Waals surface area contributed by atoms with Crippen molar-refractivity contribution in [2.75, 3.05) is 5.32 Å². The lowest BCUT2D eigenvalue weighted by molar-refractivity contribution is 0.834. The van der Waals surface area contributed by atoms with Crippen LogP contribution in [0, 0.1) is 6.92 Å². The van der Waals surface area contributed by atoms with Gasteiger partial charge in [-0.25, -0.2) is 19.9 Å². The number of aromatic nitrogens is 5. The lowest BCUT2D eigenvalue weighted by Gasteiger charge is -2.17. The first-order chi connectivity index (χ1) is 12.2. The first-order valence-electron chi connectivity index (χ1n) is 8.53. The summed E-state index contributed by atoms with van der Waals surface area (Å²) in [6.45, 7) is 4.10. The van der Waals surface area contributed by atoms with Gasteiger partial charge in [0, 0.05) is 53.1 Å². The van der Waals surface area contributed by atoms with Crippen LogP contribution in [0.1, 0.15) is 48.7 Å². The number of rotatable bonds is 5. The molecule has 4 rings (SSSR count). The van der Waals surface area contributed by atoms with Crippen molar-refractivity contribution in [2.24, 2.45) is 0 Å². The molecular formula is C19H20N6. The van der Waals surface area contributed by atoms with Crippen LogP contribution in [0.15, 0.2) is 43.1 Å². The van der Waals surface area contributed by atoms with Crippen LogP contribution in [0.2, 0.25) is 0 Å². The molecule has 0 bridgehead atoms. The molecule has 0 saturated heterocycles. The Morgan fingerprint density at radius 2 is 1.92 bits per heavy atom. The maximum absolute atomic E-state index is 4.65. The van der Waals surface area contributed by atoms with E-state index in [-0.39, 0.29) is 6.04 Å². The molecule has 0 aromatic carbocycles. The summed E-state index contributed by atoms with van der Waals surface area (Å²) in [4.78, 5) is 21.9. The molecular weight excluding hydrogens is 312 g/mol. The summed E-state index contributed by atoms with van der Waals surface area (Å²) in [6.07, 6.45) is 9.49. The molecule has 1 N–H and O–H groups in total. The van der Waals surface area contributed by atoms with Gasteiger partial charge in [-0.15, -0.1) is 0 Å². The summed E-state index contributed by atoms with van der Waals surface area (Å²) in [7, 11) is 0. The van der Waals surface area contributed by atoms with E-state index in [1.165, 1.54) is 12.8 Å². The maximum atomic E-state index is 4.65. The Balaban J connectivity index is 1.54. The normalized spacial score (nSPS) is 15.0. The minimum absolute atomic E-state index is 0.0634. The third-order valence-corrected chi connectivity index (χ3v) is 4.47. The van der Waals surface area contributed by atoms with E-state index in [4.69, 9.17) is 0 Å². The molecule has 0 unspecified atom stereocenters. The Bertz CT molecular complexity index is 876. The number of hydrogen-bond donors (Lipinski definition) is 1. The number of anilines is 1. The monoisotopic (exact) mass is 332 g/mol. The summed E-state index contributed by atoms with van der Waals surface area (Å²) in [5.41, 5.74) is 4.11. The predicted molar refractivity (Wildman–Crippen MR) is 96.0 cm³/mol. The molecule has 1 aliphatic rings. The second kappa shape index (κ2) is 6.55. The van der Waals surface area contributed by atoms with Crippen LogP contribution in [0.5, 0.6) is 0 Å². The van der Waals surface area contributed by atoms with Crippen LogP contribution in [0.4, 0.5) is 5.82 Å². The van der Waals surface area contributed by atoms with E-state index < -0.39 is 0 Å². The van der Waals surface area contributed by atoms with Gasteiger partial charge in [-0.2, -0.15) is 0 Å². The Morgan fingerprint density at radius 3 is 2.64 bits per heavy atom. The summed E-state index contributed by atoms with van der Waals surface area (Å²) >= 11 is 0. The van der Waals surface area contributed by atoms with Gasteiger partial charge in [-0.05, 0) is 38.8 Å². The molecule has 1 fully saturated rings.